The number of nitrogens with zero attached hydrogens (tertiary/aromatic N) is 5. The molecule has 736 valence electrons. The second kappa shape index (κ2) is 35.7. The Balaban J connectivity index is 0.000000142. The number of carbonyl (C=O) groups excluding carboxylic acids is 7. The summed E-state index contributed by atoms with van der Waals surface area (Å²) in [4.78, 5) is 94.8. The highest BCUT2D eigenvalue weighted by atomic mass is 32.3. The van der Waals surface area contributed by atoms with Crippen molar-refractivity contribution in [3.05, 3.63) is 59.5 Å². The van der Waals surface area contributed by atoms with E-state index in [1.54, 1.807) is 24.5 Å². The number of nitrogens with two attached hydrogens (primary N) is 10. The molecule has 2 aromatic rings. The fourth-order valence-electron chi connectivity index (χ4n) is 19.8. The topological polar surface area (TPSA) is 927 Å². The van der Waals surface area contributed by atoms with Crippen LogP contribution in [0.25, 0.3) is 0 Å². The molecule has 134 heavy (non-hydrogen) atoms. The lowest BCUT2D eigenvalue weighted by Gasteiger charge is -2.40. The lowest BCUT2D eigenvalue weighted by molar-refractivity contribution is -0.674. The van der Waals surface area contributed by atoms with E-state index in [-0.39, 0.29) is 144 Å². The van der Waals surface area contributed by atoms with E-state index in [2.05, 4.69) is 82.3 Å². The third kappa shape index (κ3) is 16.5. The van der Waals surface area contributed by atoms with Gasteiger partial charge in [0.05, 0.1) is 13.7 Å². The summed E-state index contributed by atoms with van der Waals surface area (Å²) in [5.41, 5.74) is 52.7. The Morgan fingerprint density at radius 2 is 0.716 bits per heavy atom. The Labute approximate surface area is 759 Å². The quantitative estimate of drug-likeness (QED) is 0.0253. The van der Waals surface area contributed by atoms with Crippen molar-refractivity contribution >= 4 is 112 Å². The SMILES string of the molecule is CC(=O)OC[C@@H]1NC(N)=[N+]2C[C@@H](OC(C)=O)C(O)(O)[C@@]23NC(N)=[NH+][C@@H]13.CC(=O)OC[C@@H]1NC(N)=[N+]2C[C@@H](OCc3ccccc3)C(O)(O)[C@@]23NC(N)=[NH+][C@@H]13.CCC(=O)O[C@@H]1C[N+]2=C(N)N[C@@H](COC(C)=O)[C@@H]3[NH+]=C(N)N[C@@]32C1(O)O.CC[C@@H]1NC(N)=[N+]2C[C@H](OC(=O)c3ccc(C)o3)C(O)(O)[C@@]23NC(N)=[NH+][C@@H]13.COS(=O)(=O)O[C@@H]1C[N+]2=C(N)N[C@@H](COC(C)=O)[C@@H]3[NH+]=C(N)N[C@@]32C1(O)O. The second-order valence-corrected chi connectivity index (χ2v) is 35.1. The molecule has 5 fully saturated rings. The van der Waals surface area contributed by atoms with Gasteiger partial charge in [0.25, 0.3) is 40.3 Å². The number of aliphatic hydroxyl groups is 10. The van der Waals surface area contributed by atoms with Gasteiger partial charge in [-0.15, -0.1) is 0 Å². The number of guanidine groups is 10. The number of hydrogen-bond donors (Lipinski definition) is 35. The van der Waals surface area contributed by atoms with Gasteiger partial charge in [0, 0.05) is 41.0 Å². The van der Waals surface area contributed by atoms with Gasteiger partial charge in [-0.05, 0) is 31.0 Å². The molecule has 45 N–H and O–H groups in total. The minimum atomic E-state index is -4.49. The minimum absolute atomic E-state index is 0.0166. The van der Waals surface area contributed by atoms with Crippen LogP contribution in [0.5, 0.6) is 0 Å². The van der Waals surface area contributed by atoms with Crippen LogP contribution in [0.1, 0.15) is 83.2 Å². The third-order valence-electron chi connectivity index (χ3n) is 25.6. The molecule has 0 bridgehead atoms. The fraction of sp³-hybridized carbons (Fsp3) is 0.630. The number of ether oxygens (including phenoxy) is 8. The van der Waals surface area contributed by atoms with Gasteiger partial charge in [0.2, 0.25) is 5.76 Å². The number of rotatable bonds is 20. The average molecular weight is 1930 g/mol. The van der Waals surface area contributed by atoms with E-state index in [1.807, 2.05) is 37.3 Å². The monoisotopic (exact) mass is 1930 g/mol. The van der Waals surface area contributed by atoms with Crippen molar-refractivity contribution < 1.29 is 192 Å². The van der Waals surface area contributed by atoms with Crippen molar-refractivity contribution in [2.75, 3.05) is 66.3 Å². The molecule has 1 aromatic carbocycles. The molecule has 15 aliphatic rings. The summed E-state index contributed by atoms with van der Waals surface area (Å²) >= 11 is 0. The molecule has 61 heteroatoms. The molecule has 0 aliphatic carbocycles. The highest BCUT2D eigenvalue weighted by molar-refractivity contribution is 7.81. The smallest absolute Gasteiger partial charge is 0.400 e. The van der Waals surface area contributed by atoms with E-state index in [1.165, 1.54) is 52.1 Å². The Morgan fingerprint density at radius 3 is 1.02 bits per heavy atom. The fourth-order valence-corrected chi connectivity index (χ4v) is 20.3. The summed E-state index contributed by atoms with van der Waals surface area (Å²) < 4.78 is 86.6. The number of esters is 7. The standard InChI is InChI=1S/C18H24N6O5.C16H22N6O5.C14H22N6O6.C13H20N6O6.C12H20N6O8S/c1-10(25)28-9-12-14-17(23-15(19)22-14)18(26,27)13(7-24(17)16(20)21-12)29-8-11-5-3-2-4-6-11;1-3-8-11-15(21-13(17)20-11)16(24,25)10(6-22(15)14(18)19-8)27-12(23)9-5-4-7(2)26-9;1-3-9(22)26-8-4-20-12(16)17-7(5-25-6(2)21)10-13(20,14(8,23)24)19-11(15)18-10;1-5(20)24-4-7-9-12(18-10(14)17-9)13(22,23)8(25-6(2)21)3-19(12)11(15)16-7;1-5(19)25-4-6-8-11(17-9(13)16-8)12(20,21)7(26-27(22,23)24-2)3-18(11)10(14)15-6/h2-6,12-14,26-27H,7-9H2,1H3,(H5,19,20,21,22,23);4-5,8,10-11,24-25H,3,6H2,1-2H3,(H5,17,18,19,20,21);7-8,10,23-24H,3-5H2,1-2H3,(H5,15,16,17,18,19);7-9,22-23H,3-4H2,1-2H3,(H5,14,15,16,17,18);6-8,20-21H,3-4H2,1-2H3,(H5,13,14,15,16,17)/p+10/t12-,13+,14-,17-;8-,10-,11-,15-;7-,8+,10-,13-;7-,8+,9-,12-;6-,7+,8-,11-/m00000/s1. The predicted octanol–water partition coefficient (Wildman–Crippen LogP) is -28.9. The summed E-state index contributed by atoms with van der Waals surface area (Å²) in [6, 6.07) is 6.15. The molecule has 15 aliphatic heterocycles. The lowest BCUT2D eigenvalue weighted by Crippen LogP contribution is -2.91. The molecular weight excluding hydrogens is 1810 g/mol. The maximum Gasteiger partial charge on any atom is 0.400 e. The second-order valence-electron chi connectivity index (χ2n) is 33.8. The molecule has 17 rings (SSSR count). The maximum absolute atomic E-state index is 12.4. The van der Waals surface area contributed by atoms with Crippen molar-refractivity contribution in [3.8, 4) is 0 Å². The first kappa shape index (κ1) is 98.4. The number of benzene rings is 1. The van der Waals surface area contributed by atoms with E-state index in [0.29, 0.717) is 12.2 Å². The molecule has 0 radical (unpaired) electrons. The van der Waals surface area contributed by atoms with E-state index >= 15 is 0 Å². The van der Waals surface area contributed by atoms with Crippen LogP contribution in [0.15, 0.2) is 46.9 Å². The Bertz CT molecular complexity index is 5470. The summed E-state index contributed by atoms with van der Waals surface area (Å²) in [7, 11) is -3.62. The summed E-state index contributed by atoms with van der Waals surface area (Å²) in [5.74, 6) is -15.1. The van der Waals surface area contributed by atoms with Gasteiger partial charge in [-0.2, -0.15) is 8.42 Å². The van der Waals surface area contributed by atoms with Crippen LogP contribution in [0.2, 0.25) is 0 Å². The van der Waals surface area contributed by atoms with E-state index in [4.69, 9.17) is 104 Å². The molecule has 0 saturated carbocycles. The van der Waals surface area contributed by atoms with Gasteiger partial charge in [0.1, 0.15) is 101 Å². The van der Waals surface area contributed by atoms with Crippen LogP contribution in [0.3, 0.4) is 0 Å². The summed E-state index contributed by atoms with van der Waals surface area (Å²) in [6.45, 7) is 10.8. The van der Waals surface area contributed by atoms with Crippen LogP contribution < -0.4 is 135 Å². The van der Waals surface area contributed by atoms with Gasteiger partial charge in [-0.3, -0.25) is 142 Å². The minimum Gasteiger partial charge on any atom is -0.462 e. The van der Waals surface area contributed by atoms with Crippen molar-refractivity contribution in [2.24, 2.45) is 57.3 Å². The first-order valence-corrected chi connectivity index (χ1v) is 43.2. The van der Waals surface area contributed by atoms with E-state index < -0.39 is 194 Å². The molecule has 60 nitrogen and oxygen atoms in total. The van der Waals surface area contributed by atoms with Crippen LogP contribution in [0, 0.1) is 6.92 Å². The van der Waals surface area contributed by atoms with Crippen molar-refractivity contribution in [3.63, 3.8) is 0 Å². The van der Waals surface area contributed by atoms with Crippen LogP contribution >= 0.6 is 0 Å². The highest BCUT2D eigenvalue weighted by Crippen LogP contribution is 2.45. The van der Waals surface area contributed by atoms with E-state index in [0.717, 1.165) is 19.6 Å². The highest BCUT2D eigenvalue weighted by Gasteiger charge is 2.84. The van der Waals surface area contributed by atoms with Crippen LogP contribution in [-0.2, 0) is 92.0 Å². The van der Waals surface area contributed by atoms with Crippen LogP contribution in [0.4, 0.5) is 0 Å². The Kier molecular flexibility index (Phi) is 26.2. The normalized spacial score (nSPS) is 33.8. The first-order valence-electron chi connectivity index (χ1n) is 41.9. The first-order chi connectivity index (χ1) is 62.6. The number of furan rings is 1. The zero-order valence-corrected chi connectivity index (χ0v) is 74.6. The van der Waals surface area contributed by atoms with E-state index in [9.17, 15) is 93.0 Å². The van der Waals surface area contributed by atoms with Gasteiger partial charge < -0.3 is 93.4 Å². The number of carbonyl (C=O) groups is 7. The Morgan fingerprint density at radius 1 is 0.418 bits per heavy atom. The zero-order valence-electron chi connectivity index (χ0n) is 73.7. The van der Waals surface area contributed by atoms with Gasteiger partial charge in [-0.25, -0.2) is 58.4 Å². The number of hydrogen-bond acceptors (Lipinski definition) is 50. The van der Waals surface area contributed by atoms with Gasteiger partial charge >= 0.3 is 129 Å². The van der Waals surface area contributed by atoms with Crippen molar-refractivity contribution in [2.45, 2.75) is 223 Å². The van der Waals surface area contributed by atoms with Gasteiger partial charge in [-0.1, -0.05) is 44.2 Å². The maximum atomic E-state index is 12.4. The molecular formula is C73H118N30O30S+10. The molecule has 5 spiro atoms. The van der Waals surface area contributed by atoms with Crippen molar-refractivity contribution in [1.29, 1.82) is 0 Å². The number of aryl methyl sites for hydroxylation is 1. The summed E-state index contributed by atoms with van der Waals surface area (Å²) in [6.07, 6.45) is -5.78. The molecule has 0 amide bonds. The predicted molar refractivity (Wildman–Crippen MR) is 442 cm³/mol. The molecule has 20 atom stereocenters. The molecule has 1 aromatic heterocycles. The molecule has 16 heterocycles. The zero-order chi connectivity index (χ0) is 98.4. The largest absolute Gasteiger partial charge is 0.462 e. The Hall–Kier alpha value is -13.1. The molecule has 5 saturated heterocycles. The van der Waals surface area contributed by atoms with Crippen molar-refractivity contribution in [1.82, 2.24) is 53.2 Å². The number of nitrogens with one attached hydrogen (secondary N) is 15. The van der Waals surface area contributed by atoms with Gasteiger partial charge in [0.15, 0.2) is 54.6 Å². The molecule has 0 unspecified atom stereocenters. The summed E-state index contributed by atoms with van der Waals surface area (Å²) in [5, 5.41) is 139. The average Bonchev–Trinajstić information content (AvgIpc) is 1.53. The third-order valence-corrected chi connectivity index (χ3v) is 26.5. The lowest BCUT2D eigenvalue weighted by atomic mass is 9.85. The van der Waals surface area contributed by atoms with Crippen LogP contribution in [-0.4, -0.2) is 398 Å².